The molecule has 1 aromatic carbocycles. The summed E-state index contributed by atoms with van der Waals surface area (Å²) in [5.74, 6) is 0.668. The molecule has 1 aromatic heterocycles. The van der Waals surface area contributed by atoms with Gasteiger partial charge in [0.2, 0.25) is 0 Å². The number of nitrogens with zero attached hydrogens (tertiary/aromatic N) is 2. The Morgan fingerprint density at radius 1 is 1.24 bits per heavy atom. The molecule has 0 bridgehead atoms. The smallest absolute Gasteiger partial charge is 0.0920 e. The third kappa shape index (κ3) is 4.14. The van der Waals surface area contributed by atoms with Crippen LogP contribution in [0.5, 0.6) is 0 Å². The summed E-state index contributed by atoms with van der Waals surface area (Å²) in [4.78, 5) is 2.68. The maximum absolute atomic E-state index is 4.34. The van der Waals surface area contributed by atoms with Crippen LogP contribution in [-0.4, -0.2) is 34.7 Å². The molecule has 2 aromatic rings. The first-order chi connectivity index (χ1) is 12.1. The largest absolute Gasteiger partial charge is 0.303 e. The predicted molar refractivity (Wildman–Crippen MR) is 106 cm³/mol. The van der Waals surface area contributed by atoms with Crippen LogP contribution in [0.2, 0.25) is 0 Å². The van der Waals surface area contributed by atoms with E-state index in [1.807, 2.05) is 12.3 Å². The highest BCUT2D eigenvalue weighted by Gasteiger charge is 2.37. The summed E-state index contributed by atoms with van der Waals surface area (Å²) < 4.78 is 0. The Morgan fingerprint density at radius 3 is 2.84 bits per heavy atom. The van der Waals surface area contributed by atoms with Gasteiger partial charge in [0.15, 0.2) is 0 Å². The van der Waals surface area contributed by atoms with Gasteiger partial charge in [-0.05, 0) is 55.0 Å². The predicted octanol–water partition coefficient (Wildman–Crippen LogP) is 5.26. The van der Waals surface area contributed by atoms with Gasteiger partial charge in [-0.15, -0.1) is 0 Å². The highest BCUT2D eigenvalue weighted by Crippen LogP contribution is 2.40. The zero-order chi connectivity index (χ0) is 17.7. The number of unbranched alkanes of at least 4 members (excludes halogenated alkanes) is 3. The SMILES string of the molecule is CCCCCCN1CCC(C)(c2cccc(-c3cc[nH]n3)c2)C(C)C1. The maximum Gasteiger partial charge on any atom is 0.0920 e. The number of H-pyrrole nitrogens is 1. The molecule has 0 amide bonds. The van der Waals surface area contributed by atoms with Gasteiger partial charge in [-0.1, -0.05) is 58.2 Å². The zero-order valence-corrected chi connectivity index (χ0v) is 16.1. The number of nitrogens with one attached hydrogen (secondary N) is 1. The van der Waals surface area contributed by atoms with Crippen LogP contribution in [0.3, 0.4) is 0 Å². The van der Waals surface area contributed by atoms with Gasteiger partial charge >= 0.3 is 0 Å². The lowest BCUT2D eigenvalue weighted by Gasteiger charge is -2.45. The van der Waals surface area contributed by atoms with Crippen LogP contribution in [0.1, 0.15) is 58.4 Å². The molecule has 3 heteroatoms. The number of rotatable bonds is 7. The number of hydrogen-bond donors (Lipinski definition) is 1. The highest BCUT2D eigenvalue weighted by atomic mass is 15.1. The molecule has 0 spiro atoms. The molecule has 2 atom stereocenters. The Labute approximate surface area is 152 Å². The second kappa shape index (κ2) is 8.18. The molecular formula is C22H33N3. The van der Waals surface area contributed by atoms with Crippen LogP contribution >= 0.6 is 0 Å². The van der Waals surface area contributed by atoms with E-state index in [1.165, 1.54) is 62.9 Å². The third-order valence-corrected chi connectivity index (χ3v) is 6.21. The molecule has 1 aliphatic heterocycles. The summed E-state index contributed by atoms with van der Waals surface area (Å²) in [6, 6.07) is 11.1. The summed E-state index contributed by atoms with van der Waals surface area (Å²) in [6.07, 6.45) is 8.56. The molecule has 1 fully saturated rings. The van der Waals surface area contributed by atoms with E-state index in [4.69, 9.17) is 0 Å². The third-order valence-electron chi connectivity index (χ3n) is 6.21. The number of aromatic amines is 1. The monoisotopic (exact) mass is 339 g/mol. The van der Waals surface area contributed by atoms with Crippen molar-refractivity contribution in [3.05, 3.63) is 42.1 Å². The topological polar surface area (TPSA) is 31.9 Å². The first kappa shape index (κ1) is 18.2. The van der Waals surface area contributed by atoms with Gasteiger partial charge in [-0.2, -0.15) is 5.10 Å². The van der Waals surface area contributed by atoms with E-state index < -0.39 is 0 Å². The van der Waals surface area contributed by atoms with E-state index in [2.05, 4.69) is 60.1 Å². The average molecular weight is 340 g/mol. The van der Waals surface area contributed by atoms with E-state index in [-0.39, 0.29) is 5.41 Å². The number of hydrogen-bond acceptors (Lipinski definition) is 2. The van der Waals surface area contributed by atoms with Gasteiger partial charge in [0.1, 0.15) is 0 Å². The number of piperidine rings is 1. The lowest BCUT2D eigenvalue weighted by Crippen LogP contribution is -2.47. The van der Waals surface area contributed by atoms with Gasteiger partial charge in [-0.3, -0.25) is 5.10 Å². The minimum absolute atomic E-state index is 0.256. The molecule has 0 radical (unpaired) electrons. The zero-order valence-electron chi connectivity index (χ0n) is 16.1. The first-order valence-corrected chi connectivity index (χ1v) is 9.96. The fourth-order valence-electron chi connectivity index (χ4n) is 4.17. The van der Waals surface area contributed by atoms with Crippen LogP contribution in [0, 0.1) is 5.92 Å². The van der Waals surface area contributed by atoms with Gasteiger partial charge in [0.25, 0.3) is 0 Å². The van der Waals surface area contributed by atoms with E-state index >= 15 is 0 Å². The molecular weight excluding hydrogens is 306 g/mol. The van der Waals surface area contributed by atoms with Crippen LogP contribution in [0.25, 0.3) is 11.3 Å². The molecule has 1 aliphatic rings. The number of benzene rings is 1. The van der Waals surface area contributed by atoms with Crippen molar-refractivity contribution in [3.8, 4) is 11.3 Å². The lowest BCUT2D eigenvalue weighted by molar-refractivity contribution is 0.109. The average Bonchev–Trinajstić information content (AvgIpc) is 3.17. The Bertz CT molecular complexity index is 649. The molecule has 2 heterocycles. The van der Waals surface area contributed by atoms with Crippen molar-refractivity contribution < 1.29 is 0 Å². The van der Waals surface area contributed by atoms with E-state index in [1.54, 1.807) is 0 Å². The Kier molecular flexibility index (Phi) is 5.95. The molecule has 2 unspecified atom stereocenters. The van der Waals surface area contributed by atoms with Crippen molar-refractivity contribution >= 4 is 0 Å². The Morgan fingerprint density at radius 2 is 2.12 bits per heavy atom. The fourth-order valence-corrected chi connectivity index (χ4v) is 4.17. The number of aromatic nitrogens is 2. The standard InChI is InChI=1S/C22H33N3/c1-4-5-6-7-14-25-15-12-22(3,18(2)17-25)20-10-8-9-19(16-20)21-11-13-23-24-21/h8-11,13,16,18H,4-7,12,14-15,17H2,1-3H3,(H,23,24). The summed E-state index contributed by atoms with van der Waals surface area (Å²) in [6.45, 7) is 10.9. The van der Waals surface area contributed by atoms with E-state index in [9.17, 15) is 0 Å². The molecule has 3 nitrogen and oxygen atoms in total. The van der Waals surface area contributed by atoms with Crippen LogP contribution in [-0.2, 0) is 5.41 Å². The molecule has 25 heavy (non-hydrogen) atoms. The second-order valence-electron chi connectivity index (χ2n) is 7.97. The van der Waals surface area contributed by atoms with Gasteiger partial charge in [-0.25, -0.2) is 0 Å². The van der Waals surface area contributed by atoms with Crippen LogP contribution in [0.15, 0.2) is 36.5 Å². The van der Waals surface area contributed by atoms with Crippen molar-refractivity contribution in [3.63, 3.8) is 0 Å². The summed E-state index contributed by atoms with van der Waals surface area (Å²) in [5.41, 5.74) is 3.97. The van der Waals surface area contributed by atoms with Crippen molar-refractivity contribution in [2.75, 3.05) is 19.6 Å². The fraction of sp³-hybridized carbons (Fsp3) is 0.591. The molecule has 1 N–H and O–H groups in total. The molecule has 0 saturated carbocycles. The maximum atomic E-state index is 4.34. The van der Waals surface area contributed by atoms with Crippen molar-refractivity contribution in [2.24, 2.45) is 5.92 Å². The minimum Gasteiger partial charge on any atom is -0.303 e. The first-order valence-electron chi connectivity index (χ1n) is 9.96. The molecule has 136 valence electrons. The van der Waals surface area contributed by atoms with E-state index in [0.29, 0.717) is 5.92 Å². The summed E-state index contributed by atoms with van der Waals surface area (Å²) >= 11 is 0. The highest BCUT2D eigenvalue weighted by molar-refractivity contribution is 5.60. The second-order valence-corrected chi connectivity index (χ2v) is 7.97. The van der Waals surface area contributed by atoms with Crippen molar-refractivity contribution in [1.29, 1.82) is 0 Å². The quantitative estimate of drug-likeness (QED) is 0.698. The summed E-state index contributed by atoms with van der Waals surface area (Å²) in [5, 5.41) is 7.27. The van der Waals surface area contributed by atoms with Crippen molar-refractivity contribution in [1.82, 2.24) is 15.1 Å². The lowest BCUT2D eigenvalue weighted by atomic mass is 9.67. The van der Waals surface area contributed by atoms with Crippen LogP contribution < -0.4 is 0 Å². The molecule has 0 aliphatic carbocycles. The van der Waals surface area contributed by atoms with Gasteiger partial charge < -0.3 is 4.90 Å². The molecule has 3 rings (SSSR count). The normalized spacial score (nSPS) is 24.5. The van der Waals surface area contributed by atoms with Gasteiger partial charge in [0.05, 0.1) is 5.69 Å². The van der Waals surface area contributed by atoms with Gasteiger partial charge in [0, 0.05) is 18.3 Å². The van der Waals surface area contributed by atoms with E-state index in [0.717, 1.165) is 5.69 Å². The Balaban J connectivity index is 1.67. The minimum atomic E-state index is 0.256. The van der Waals surface area contributed by atoms with Crippen LogP contribution in [0.4, 0.5) is 0 Å². The molecule has 1 saturated heterocycles. The number of likely N-dealkylation sites (tertiary alicyclic amines) is 1. The van der Waals surface area contributed by atoms with Crippen molar-refractivity contribution in [2.45, 2.75) is 58.3 Å². The summed E-state index contributed by atoms with van der Waals surface area (Å²) in [7, 11) is 0. The Hall–Kier alpha value is -1.61.